The summed E-state index contributed by atoms with van der Waals surface area (Å²) < 4.78 is 24.4. The first kappa shape index (κ1) is 20.7. The lowest BCUT2D eigenvalue weighted by Gasteiger charge is -2.25. The predicted molar refractivity (Wildman–Crippen MR) is 121 cm³/mol. The fourth-order valence-corrected chi connectivity index (χ4v) is 8.50. The van der Waals surface area contributed by atoms with Gasteiger partial charge in [-0.05, 0) is 43.0 Å². The molecule has 3 fully saturated rings. The fourth-order valence-electron chi connectivity index (χ4n) is 4.57. The lowest BCUT2D eigenvalue weighted by molar-refractivity contribution is -0.118. The van der Waals surface area contributed by atoms with Crippen LogP contribution in [0.3, 0.4) is 0 Å². The first-order valence-corrected chi connectivity index (χ1v) is 13.1. The molecule has 0 unspecified atom stereocenters. The molecule has 0 radical (unpaired) electrons. The van der Waals surface area contributed by atoms with Crippen LogP contribution in [0.1, 0.15) is 38.5 Å². The van der Waals surface area contributed by atoms with E-state index in [-0.39, 0.29) is 28.7 Å². The highest BCUT2D eigenvalue weighted by Crippen LogP contribution is 2.41. The summed E-state index contributed by atoms with van der Waals surface area (Å²) in [6.45, 7) is 0. The molecule has 29 heavy (non-hydrogen) atoms. The zero-order valence-corrected chi connectivity index (χ0v) is 18.7. The lowest BCUT2D eigenvalue weighted by atomic mass is 9.87. The Bertz CT molecular complexity index is 890. The molecule has 1 amide bonds. The van der Waals surface area contributed by atoms with E-state index >= 15 is 0 Å². The molecule has 1 aliphatic carbocycles. The molecule has 0 N–H and O–H groups in total. The smallest absolute Gasteiger partial charge is 0.248 e. The number of hydrogen-bond donors (Lipinski definition) is 0. The van der Waals surface area contributed by atoms with Gasteiger partial charge in [0.15, 0.2) is 15.0 Å². The molecule has 158 valence electrons. The van der Waals surface area contributed by atoms with E-state index < -0.39 is 9.84 Å². The average Bonchev–Trinajstić information content (AvgIpc) is 3.13. The molecule has 2 heterocycles. The molecule has 0 bridgehead atoms. The van der Waals surface area contributed by atoms with Gasteiger partial charge in [-0.25, -0.2) is 8.42 Å². The van der Waals surface area contributed by atoms with Gasteiger partial charge in [0.05, 0.1) is 17.5 Å². The predicted octanol–water partition coefficient (Wildman–Crippen LogP) is 3.32. The summed E-state index contributed by atoms with van der Waals surface area (Å²) in [5.74, 6) is 0.650. The van der Waals surface area contributed by atoms with E-state index in [0.717, 1.165) is 24.2 Å². The van der Waals surface area contributed by atoms with Crippen LogP contribution in [-0.2, 0) is 14.6 Å². The van der Waals surface area contributed by atoms with Crippen LogP contribution >= 0.6 is 11.8 Å². The van der Waals surface area contributed by atoms with Crippen molar-refractivity contribution in [3.63, 3.8) is 0 Å². The Hall–Kier alpha value is -1.54. The Morgan fingerprint density at radius 2 is 1.83 bits per heavy atom. The van der Waals surface area contributed by atoms with Crippen molar-refractivity contribution in [3.8, 4) is 0 Å². The van der Waals surface area contributed by atoms with Gasteiger partial charge in [-0.2, -0.15) is 4.99 Å². The number of amidine groups is 1. The molecule has 1 saturated carbocycles. The van der Waals surface area contributed by atoms with Crippen molar-refractivity contribution in [1.82, 2.24) is 0 Å². The van der Waals surface area contributed by atoms with Crippen molar-refractivity contribution < 1.29 is 13.2 Å². The van der Waals surface area contributed by atoms with Crippen LogP contribution in [0.15, 0.2) is 29.3 Å². The van der Waals surface area contributed by atoms with Crippen LogP contribution in [0.5, 0.6) is 0 Å². The first-order valence-electron chi connectivity index (χ1n) is 10.4. The van der Waals surface area contributed by atoms with Crippen molar-refractivity contribution >= 4 is 44.0 Å². The molecular formula is C21H29N3O3S2. The Kier molecular flexibility index (Phi) is 5.93. The van der Waals surface area contributed by atoms with Crippen LogP contribution in [0, 0.1) is 5.92 Å². The largest absolute Gasteiger partial charge is 0.378 e. The summed E-state index contributed by atoms with van der Waals surface area (Å²) >= 11 is 1.45. The normalized spacial score (nSPS) is 27.9. The Labute approximate surface area is 177 Å². The van der Waals surface area contributed by atoms with Crippen molar-refractivity contribution in [2.24, 2.45) is 10.9 Å². The number of amides is 1. The third-order valence-corrected chi connectivity index (χ3v) is 9.33. The van der Waals surface area contributed by atoms with Gasteiger partial charge in [-0.15, -0.1) is 0 Å². The minimum Gasteiger partial charge on any atom is -0.378 e. The number of sulfone groups is 1. The van der Waals surface area contributed by atoms with E-state index in [1.54, 1.807) is 0 Å². The van der Waals surface area contributed by atoms with Gasteiger partial charge in [-0.1, -0.05) is 31.0 Å². The summed E-state index contributed by atoms with van der Waals surface area (Å²) in [5.41, 5.74) is 1.97. The molecule has 6 nitrogen and oxygen atoms in total. The van der Waals surface area contributed by atoms with Gasteiger partial charge in [0, 0.05) is 37.1 Å². The Morgan fingerprint density at radius 1 is 1.14 bits per heavy atom. The number of rotatable bonds is 4. The molecule has 2 saturated heterocycles. The van der Waals surface area contributed by atoms with E-state index in [4.69, 9.17) is 0 Å². The van der Waals surface area contributed by atoms with Crippen molar-refractivity contribution in [2.45, 2.75) is 49.8 Å². The summed E-state index contributed by atoms with van der Waals surface area (Å²) in [6.07, 6.45) is 6.41. The van der Waals surface area contributed by atoms with Gasteiger partial charge in [0.1, 0.15) is 0 Å². The van der Waals surface area contributed by atoms with E-state index in [2.05, 4.69) is 4.99 Å². The zero-order valence-electron chi connectivity index (χ0n) is 17.1. The highest BCUT2D eigenvalue weighted by Gasteiger charge is 2.49. The number of carbonyl (C=O) groups excluding carboxylic acids is 1. The number of aliphatic imine (C=N–C) groups is 1. The molecule has 1 aromatic carbocycles. The maximum atomic E-state index is 12.7. The highest BCUT2D eigenvalue weighted by atomic mass is 32.2. The van der Waals surface area contributed by atoms with Gasteiger partial charge in [0.2, 0.25) is 5.91 Å². The molecule has 2 atom stereocenters. The van der Waals surface area contributed by atoms with Crippen molar-refractivity contribution in [3.05, 3.63) is 24.3 Å². The van der Waals surface area contributed by atoms with Crippen molar-refractivity contribution in [2.75, 3.05) is 35.4 Å². The van der Waals surface area contributed by atoms with E-state index in [1.165, 1.54) is 31.0 Å². The third kappa shape index (κ3) is 4.63. The summed E-state index contributed by atoms with van der Waals surface area (Å²) in [5, 5.41) is 0.600. The van der Waals surface area contributed by atoms with Gasteiger partial charge >= 0.3 is 0 Å². The zero-order chi connectivity index (χ0) is 20.6. The van der Waals surface area contributed by atoms with Crippen LogP contribution in [0.25, 0.3) is 0 Å². The van der Waals surface area contributed by atoms with Gasteiger partial charge in [0.25, 0.3) is 0 Å². The van der Waals surface area contributed by atoms with Crippen molar-refractivity contribution in [1.29, 1.82) is 0 Å². The standard InChI is InChI=1S/C21H29N3O3S2/c1-23(2)16-8-10-17(11-9-16)24-18-13-29(26,27)14-19(18)28-21(24)22-20(25)12-15-6-4-3-5-7-15/h8-11,15,18-19H,3-7,12-14H2,1-2H3/t18-,19+/m0/s1. The number of fused-ring (bicyclic) bond motifs is 1. The summed E-state index contributed by atoms with van der Waals surface area (Å²) in [4.78, 5) is 21.2. The van der Waals surface area contributed by atoms with Gasteiger partial charge in [-0.3, -0.25) is 4.79 Å². The SMILES string of the molecule is CN(C)c1ccc(N2C(=NC(=O)CC3CCCCC3)S[C@@H]3CS(=O)(=O)C[C@@H]32)cc1. The first-order chi connectivity index (χ1) is 13.8. The van der Waals surface area contributed by atoms with Crippen LogP contribution in [0.4, 0.5) is 11.4 Å². The topological polar surface area (TPSA) is 70.0 Å². The maximum absolute atomic E-state index is 12.7. The molecule has 2 aliphatic heterocycles. The van der Waals surface area contributed by atoms with Crippen LogP contribution in [-0.4, -0.2) is 56.4 Å². The molecule has 4 rings (SSSR count). The molecular weight excluding hydrogens is 406 g/mol. The number of thioether (sulfide) groups is 1. The number of anilines is 2. The third-order valence-electron chi connectivity index (χ3n) is 6.12. The lowest BCUT2D eigenvalue weighted by Crippen LogP contribution is -2.37. The second kappa shape index (κ2) is 8.30. The second-order valence-electron chi connectivity index (χ2n) is 8.58. The quantitative estimate of drug-likeness (QED) is 0.723. The summed E-state index contributed by atoms with van der Waals surface area (Å²) in [6, 6.07) is 7.85. The minimum absolute atomic E-state index is 0.0604. The van der Waals surface area contributed by atoms with E-state index in [9.17, 15) is 13.2 Å². The molecule has 1 aromatic rings. The highest BCUT2D eigenvalue weighted by molar-refractivity contribution is 8.16. The minimum atomic E-state index is -3.05. The monoisotopic (exact) mass is 435 g/mol. The number of benzene rings is 1. The number of hydrogen-bond acceptors (Lipinski definition) is 5. The fraction of sp³-hybridized carbons (Fsp3) is 0.619. The van der Waals surface area contributed by atoms with Crippen LogP contribution < -0.4 is 9.80 Å². The maximum Gasteiger partial charge on any atom is 0.248 e. The van der Waals surface area contributed by atoms with E-state index in [0.29, 0.717) is 17.5 Å². The number of nitrogens with zero attached hydrogens (tertiary/aromatic N) is 3. The van der Waals surface area contributed by atoms with Crippen LogP contribution in [0.2, 0.25) is 0 Å². The Morgan fingerprint density at radius 3 is 2.48 bits per heavy atom. The van der Waals surface area contributed by atoms with Gasteiger partial charge < -0.3 is 9.80 Å². The molecule has 0 spiro atoms. The summed E-state index contributed by atoms with van der Waals surface area (Å²) in [7, 11) is 0.913. The molecule has 8 heteroatoms. The Balaban J connectivity index is 1.58. The second-order valence-corrected chi connectivity index (χ2v) is 11.9. The average molecular weight is 436 g/mol. The number of carbonyl (C=O) groups is 1. The van der Waals surface area contributed by atoms with E-state index in [1.807, 2.05) is 48.2 Å². The molecule has 0 aromatic heterocycles. The molecule has 3 aliphatic rings.